The highest BCUT2D eigenvalue weighted by molar-refractivity contribution is 6.05. The fraction of sp³-hybridized carbons (Fsp3) is 0.235. The van der Waals surface area contributed by atoms with E-state index in [1.165, 1.54) is 6.26 Å². The van der Waals surface area contributed by atoms with E-state index in [4.69, 9.17) is 10.2 Å². The molecule has 0 aliphatic carbocycles. The van der Waals surface area contributed by atoms with Gasteiger partial charge in [-0.3, -0.25) is 4.79 Å². The average Bonchev–Trinajstić information content (AvgIpc) is 2.93. The number of anilines is 1. The summed E-state index contributed by atoms with van der Waals surface area (Å²) in [4.78, 5) is 12.3. The number of benzene rings is 1. The molecule has 4 heteroatoms. The molecule has 0 bridgehead atoms. The summed E-state index contributed by atoms with van der Waals surface area (Å²) in [6.07, 6.45) is 2.21. The van der Waals surface area contributed by atoms with Gasteiger partial charge in [-0.25, -0.2) is 0 Å². The summed E-state index contributed by atoms with van der Waals surface area (Å²) >= 11 is 0. The van der Waals surface area contributed by atoms with E-state index in [2.05, 4.69) is 17.2 Å². The first-order valence-electron chi connectivity index (χ1n) is 6.82. The molecule has 3 N–H and O–H groups in total. The molecule has 4 nitrogen and oxygen atoms in total. The first-order chi connectivity index (χ1) is 10.1. The zero-order valence-corrected chi connectivity index (χ0v) is 12.2. The Morgan fingerprint density at radius 3 is 2.90 bits per heavy atom. The standard InChI is InChI=1S/C17H18N2O2/c1-3-16-15(6-8-21-16)17(20)19-14-10-12(2)9-13(11-14)5-4-7-18/h6,8-11H,3,7,18H2,1-2H3,(H,19,20). The van der Waals surface area contributed by atoms with Gasteiger partial charge in [0.25, 0.3) is 5.91 Å². The normalized spacial score (nSPS) is 9.86. The number of carbonyl (C=O) groups is 1. The van der Waals surface area contributed by atoms with Gasteiger partial charge in [-0.2, -0.15) is 0 Å². The molecule has 0 radical (unpaired) electrons. The van der Waals surface area contributed by atoms with Gasteiger partial charge in [-0.15, -0.1) is 0 Å². The van der Waals surface area contributed by atoms with Crippen molar-refractivity contribution in [3.8, 4) is 11.8 Å². The predicted molar refractivity (Wildman–Crippen MR) is 83.2 cm³/mol. The molecule has 1 aromatic heterocycles. The summed E-state index contributed by atoms with van der Waals surface area (Å²) in [6, 6.07) is 7.36. The lowest BCUT2D eigenvalue weighted by Gasteiger charge is -2.07. The van der Waals surface area contributed by atoms with Crippen LogP contribution in [-0.4, -0.2) is 12.5 Å². The average molecular weight is 282 g/mol. The quantitative estimate of drug-likeness (QED) is 0.850. The Morgan fingerprint density at radius 2 is 2.19 bits per heavy atom. The van der Waals surface area contributed by atoms with Crippen LogP contribution in [0.4, 0.5) is 5.69 Å². The van der Waals surface area contributed by atoms with E-state index in [1.54, 1.807) is 6.07 Å². The van der Waals surface area contributed by atoms with Gasteiger partial charge in [0.2, 0.25) is 0 Å². The molecular formula is C17H18N2O2. The number of nitrogens with one attached hydrogen (secondary N) is 1. The number of amides is 1. The Morgan fingerprint density at radius 1 is 1.38 bits per heavy atom. The summed E-state index contributed by atoms with van der Waals surface area (Å²) < 4.78 is 5.28. The summed E-state index contributed by atoms with van der Waals surface area (Å²) in [5.41, 5.74) is 8.51. The SMILES string of the molecule is CCc1occc1C(=O)Nc1cc(C)cc(C#CCN)c1. The van der Waals surface area contributed by atoms with Gasteiger partial charge in [-0.1, -0.05) is 18.8 Å². The summed E-state index contributed by atoms with van der Waals surface area (Å²) in [7, 11) is 0. The van der Waals surface area contributed by atoms with Gasteiger partial charge in [0.15, 0.2) is 0 Å². The molecule has 0 saturated carbocycles. The zero-order valence-electron chi connectivity index (χ0n) is 12.2. The van der Waals surface area contributed by atoms with Crippen LogP contribution in [0.15, 0.2) is 34.9 Å². The monoisotopic (exact) mass is 282 g/mol. The molecule has 0 aliphatic rings. The highest BCUT2D eigenvalue weighted by Gasteiger charge is 2.13. The smallest absolute Gasteiger partial charge is 0.259 e. The second-order valence-corrected chi connectivity index (χ2v) is 4.66. The minimum atomic E-state index is -0.177. The molecular weight excluding hydrogens is 264 g/mol. The van der Waals surface area contributed by atoms with E-state index in [-0.39, 0.29) is 5.91 Å². The van der Waals surface area contributed by atoms with Crippen molar-refractivity contribution < 1.29 is 9.21 Å². The van der Waals surface area contributed by atoms with Gasteiger partial charge in [-0.05, 0) is 36.8 Å². The zero-order chi connectivity index (χ0) is 15.2. The molecule has 1 amide bonds. The molecule has 2 aromatic rings. The number of rotatable bonds is 3. The molecule has 0 atom stereocenters. The Labute approximate surface area is 124 Å². The van der Waals surface area contributed by atoms with E-state index in [0.29, 0.717) is 30.0 Å². The van der Waals surface area contributed by atoms with Gasteiger partial charge in [0.1, 0.15) is 5.76 Å². The summed E-state index contributed by atoms with van der Waals surface area (Å²) in [5.74, 6) is 6.29. The van der Waals surface area contributed by atoms with Crippen LogP contribution >= 0.6 is 0 Å². The first-order valence-corrected chi connectivity index (χ1v) is 6.82. The van der Waals surface area contributed by atoms with Crippen LogP contribution in [-0.2, 0) is 6.42 Å². The van der Waals surface area contributed by atoms with Crippen LogP contribution < -0.4 is 11.1 Å². The Kier molecular flexibility index (Phi) is 4.81. The van der Waals surface area contributed by atoms with E-state index in [0.717, 1.165) is 11.1 Å². The lowest BCUT2D eigenvalue weighted by Crippen LogP contribution is -2.13. The van der Waals surface area contributed by atoms with Crippen LogP contribution in [0.5, 0.6) is 0 Å². The van der Waals surface area contributed by atoms with Crippen LogP contribution in [0.1, 0.15) is 34.2 Å². The number of aryl methyl sites for hydroxylation is 2. The fourth-order valence-corrected chi connectivity index (χ4v) is 2.10. The van der Waals surface area contributed by atoms with Crippen LogP contribution in [0, 0.1) is 18.8 Å². The fourth-order valence-electron chi connectivity index (χ4n) is 2.10. The lowest BCUT2D eigenvalue weighted by molar-refractivity contribution is 0.102. The van der Waals surface area contributed by atoms with Crippen LogP contribution in [0.25, 0.3) is 0 Å². The highest BCUT2D eigenvalue weighted by Crippen LogP contribution is 2.17. The van der Waals surface area contributed by atoms with Crippen molar-refractivity contribution in [1.29, 1.82) is 0 Å². The maximum Gasteiger partial charge on any atom is 0.259 e. The maximum atomic E-state index is 12.3. The number of hydrogen-bond donors (Lipinski definition) is 2. The Hall–Kier alpha value is -2.51. The Balaban J connectivity index is 2.23. The van der Waals surface area contributed by atoms with E-state index in [9.17, 15) is 4.79 Å². The van der Waals surface area contributed by atoms with Crippen LogP contribution in [0.2, 0.25) is 0 Å². The van der Waals surface area contributed by atoms with Crippen molar-refractivity contribution in [3.05, 3.63) is 53.0 Å². The molecule has 108 valence electrons. The molecule has 0 fully saturated rings. The van der Waals surface area contributed by atoms with Gasteiger partial charge in [0.05, 0.1) is 18.4 Å². The van der Waals surface area contributed by atoms with E-state index in [1.807, 2.05) is 32.0 Å². The Bertz CT molecular complexity index is 705. The number of furan rings is 1. The summed E-state index contributed by atoms with van der Waals surface area (Å²) in [5, 5.41) is 2.88. The molecule has 0 aliphatic heterocycles. The maximum absolute atomic E-state index is 12.3. The molecule has 2 rings (SSSR count). The molecule has 1 aromatic carbocycles. The third-order valence-corrected chi connectivity index (χ3v) is 2.98. The minimum Gasteiger partial charge on any atom is -0.469 e. The molecule has 0 spiro atoms. The largest absolute Gasteiger partial charge is 0.469 e. The van der Waals surface area contributed by atoms with Crippen molar-refractivity contribution in [1.82, 2.24) is 0 Å². The minimum absolute atomic E-state index is 0.177. The van der Waals surface area contributed by atoms with Crippen molar-refractivity contribution in [3.63, 3.8) is 0 Å². The molecule has 0 saturated heterocycles. The van der Waals surface area contributed by atoms with Crippen molar-refractivity contribution >= 4 is 11.6 Å². The third-order valence-electron chi connectivity index (χ3n) is 2.98. The number of carbonyl (C=O) groups excluding carboxylic acids is 1. The highest BCUT2D eigenvalue weighted by atomic mass is 16.3. The third kappa shape index (κ3) is 3.74. The molecule has 1 heterocycles. The topological polar surface area (TPSA) is 68.3 Å². The predicted octanol–water partition coefficient (Wildman–Crippen LogP) is 2.71. The van der Waals surface area contributed by atoms with Gasteiger partial charge >= 0.3 is 0 Å². The van der Waals surface area contributed by atoms with E-state index < -0.39 is 0 Å². The molecule has 0 unspecified atom stereocenters. The number of hydrogen-bond acceptors (Lipinski definition) is 3. The first kappa shape index (κ1) is 14.9. The van der Waals surface area contributed by atoms with E-state index >= 15 is 0 Å². The van der Waals surface area contributed by atoms with Crippen molar-refractivity contribution in [2.75, 3.05) is 11.9 Å². The summed E-state index contributed by atoms with van der Waals surface area (Å²) in [6.45, 7) is 4.21. The second kappa shape index (κ2) is 6.78. The molecule has 21 heavy (non-hydrogen) atoms. The van der Waals surface area contributed by atoms with Crippen LogP contribution in [0.3, 0.4) is 0 Å². The van der Waals surface area contributed by atoms with Gasteiger partial charge in [0, 0.05) is 17.7 Å². The van der Waals surface area contributed by atoms with Gasteiger partial charge < -0.3 is 15.5 Å². The number of nitrogens with two attached hydrogens (primary N) is 1. The lowest BCUT2D eigenvalue weighted by atomic mass is 10.1. The second-order valence-electron chi connectivity index (χ2n) is 4.66. The van der Waals surface area contributed by atoms with Crippen molar-refractivity contribution in [2.24, 2.45) is 5.73 Å². The van der Waals surface area contributed by atoms with Crippen molar-refractivity contribution in [2.45, 2.75) is 20.3 Å².